The van der Waals surface area contributed by atoms with Crippen molar-refractivity contribution in [3.63, 3.8) is 0 Å². The number of nitrogens with zero attached hydrogens (tertiary/aromatic N) is 2. The molecule has 2 heterocycles. The van der Waals surface area contributed by atoms with Crippen LogP contribution in [0.5, 0.6) is 5.75 Å². The minimum atomic E-state index is -0.423. The molecule has 2 aromatic rings. The van der Waals surface area contributed by atoms with Crippen LogP contribution in [-0.2, 0) is 11.3 Å². The Kier molecular flexibility index (Phi) is 6.22. The van der Waals surface area contributed by atoms with Gasteiger partial charge in [-0.2, -0.15) is 0 Å². The molecule has 2 aromatic carbocycles. The summed E-state index contributed by atoms with van der Waals surface area (Å²) in [6, 6.07) is 11.7. The van der Waals surface area contributed by atoms with Gasteiger partial charge in [0.1, 0.15) is 11.6 Å². The molecule has 1 spiro atoms. The molecule has 1 amide bonds. The molecular weight excluding hydrogens is 414 g/mol. The van der Waals surface area contributed by atoms with E-state index in [1.807, 2.05) is 12.1 Å². The number of aromatic hydroxyl groups is 1. The third-order valence-corrected chi connectivity index (χ3v) is 6.07. The predicted octanol–water partition coefficient (Wildman–Crippen LogP) is 4.93. The molecule has 2 atom stereocenters. The zero-order chi connectivity index (χ0) is 19.9. The van der Waals surface area contributed by atoms with Crippen molar-refractivity contribution in [2.24, 2.45) is 0 Å². The number of benzene rings is 2. The zero-order valence-corrected chi connectivity index (χ0v) is 17.6. The highest BCUT2D eigenvalue weighted by Gasteiger charge is 2.46. The van der Waals surface area contributed by atoms with Crippen molar-refractivity contribution in [2.75, 3.05) is 11.4 Å². The Morgan fingerprint density at radius 2 is 2.07 bits per heavy atom. The van der Waals surface area contributed by atoms with Gasteiger partial charge in [-0.1, -0.05) is 29.8 Å². The van der Waals surface area contributed by atoms with Crippen molar-refractivity contribution in [3.8, 4) is 5.75 Å². The summed E-state index contributed by atoms with van der Waals surface area (Å²) in [6.45, 7) is 3.65. The number of piperidine rings is 1. The van der Waals surface area contributed by atoms with Gasteiger partial charge in [0.15, 0.2) is 0 Å². The maximum absolute atomic E-state index is 13.8. The number of likely N-dealkylation sites (tertiary alicyclic amines) is 1. The van der Waals surface area contributed by atoms with Gasteiger partial charge in [-0.15, -0.1) is 12.4 Å². The van der Waals surface area contributed by atoms with E-state index in [2.05, 4.69) is 11.8 Å². The van der Waals surface area contributed by atoms with Gasteiger partial charge in [0.2, 0.25) is 0 Å². The molecule has 4 rings (SSSR count). The van der Waals surface area contributed by atoms with Gasteiger partial charge in [0, 0.05) is 30.9 Å². The van der Waals surface area contributed by atoms with Crippen LogP contribution in [0.25, 0.3) is 0 Å². The van der Waals surface area contributed by atoms with E-state index in [1.54, 1.807) is 35.2 Å². The lowest BCUT2D eigenvalue weighted by atomic mass is 9.82. The van der Waals surface area contributed by atoms with Gasteiger partial charge in [-0.25, -0.2) is 4.39 Å². The molecule has 4 nitrogen and oxygen atoms in total. The molecule has 1 fully saturated rings. The number of phenolic OH excluding ortho intramolecular Hbond substituents is 1. The third-order valence-electron chi connectivity index (χ3n) is 5.77. The highest BCUT2D eigenvalue weighted by molar-refractivity contribution is 6.32. The monoisotopic (exact) mass is 436 g/mol. The topological polar surface area (TPSA) is 43.8 Å². The van der Waals surface area contributed by atoms with Crippen LogP contribution in [0.4, 0.5) is 10.1 Å². The van der Waals surface area contributed by atoms with E-state index in [9.17, 15) is 14.3 Å². The lowest BCUT2D eigenvalue weighted by Gasteiger charge is -2.47. The van der Waals surface area contributed by atoms with Crippen LogP contribution in [0.15, 0.2) is 54.6 Å². The predicted molar refractivity (Wildman–Crippen MR) is 115 cm³/mol. The van der Waals surface area contributed by atoms with Gasteiger partial charge in [0.25, 0.3) is 5.91 Å². The Bertz CT molecular complexity index is 952. The molecule has 2 aliphatic heterocycles. The van der Waals surface area contributed by atoms with Gasteiger partial charge in [-0.05, 0) is 55.7 Å². The molecule has 0 aromatic heterocycles. The van der Waals surface area contributed by atoms with Crippen LogP contribution in [0.3, 0.4) is 0 Å². The third kappa shape index (κ3) is 4.13. The molecule has 1 N–H and O–H groups in total. The van der Waals surface area contributed by atoms with E-state index in [0.29, 0.717) is 10.7 Å². The first-order valence-electron chi connectivity index (χ1n) is 9.38. The van der Waals surface area contributed by atoms with Crippen molar-refractivity contribution in [3.05, 3.63) is 71.0 Å². The van der Waals surface area contributed by atoms with Gasteiger partial charge < -0.3 is 5.11 Å². The normalized spacial score (nSPS) is 24.2. The number of carbonyl (C=O) groups excluding carboxylic acids is 1. The minimum Gasteiger partial charge on any atom is -0.506 e. The average molecular weight is 437 g/mol. The average Bonchev–Trinajstić information content (AvgIpc) is 2.96. The molecule has 2 aliphatic rings. The largest absolute Gasteiger partial charge is 0.506 e. The van der Waals surface area contributed by atoms with Crippen LogP contribution in [-0.4, -0.2) is 34.0 Å². The summed E-state index contributed by atoms with van der Waals surface area (Å²) in [4.78, 5) is 16.7. The van der Waals surface area contributed by atoms with Gasteiger partial charge in [-0.3, -0.25) is 14.6 Å². The Balaban J connectivity index is 0.00000240. The number of halogens is 3. The first-order chi connectivity index (χ1) is 13.4. The SMILES string of the molecule is C[C@H]1C[C@@]2(C=CC(=O)N2c2cccc(F)c2)CCN1Cc1ccc(O)c(Cl)c1.Cl. The summed E-state index contributed by atoms with van der Waals surface area (Å²) in [6.07, 6.45) is 5.11. The van der Waals surface area contributed by atoms with Crippen molar-refractivity contribution >= 4 is 35.6 Å². The summed E-state index contributed by atoms with van der Waals surface area (Å²) in [5.74, 6) is -0.366. The van der Waals surface area contributed by atoms with Crippen molar-refractivity contribution in [1.29, 1.82) is 0 Å². The Morgan fingerprint density at radius 3 is 2.76 bits per heavy atom. The molecule has 0 radical (unpaired) electrons. The fraction of sp³-hybridized carbons (Fsp3) is 0.318. The molecule has 7 heteroatoms. The number of hydrogen-bond acceptors (Lipinski definition) is 3. The summed E-state index contributed by atoms with van der Waals surface area (Å²) >= 11 is 6.03. The Morgan fingerprint density at radius 1 is 1.28 bits per heavy atom. The minimum absolute atomic E-state index is 0. The Hall–Kier alpha value is -2.08. The number of carbonyl (C=O) groups is 1. The number of anilines is 1. The molecule has 154 valence electrons. The van der Waals surface area contributed by atoms with Gasteiger partial charge >= 0.3 is 0 Å². The Labute approximate surface area is 181 Å². The van der Waals surface area contributed by atoms with E-state index >= 15 is 0 Å². The molecular formula is C22H23Cl2FN2O2. The standard InChI is InChI=1S/C22H22ClFN2O2.ClH/c1-15-13-22(8-7-21(28)26(22)18-4-2-3-17(24)12-18)9-10-25(15)14-16-5-6-20(27)19(23)11-16;/h2-8,11-12,15,27H,9-10,13-14H2,1H3;1H/t15-,22+;/m0./s1. The molecule has 0 saturated carbocycles. The second-order valence-corrected chi connectivity index (χ2v) is 8.06. The van der Waals surface area contributed by atoms with Crippen LogP contribution >= 0.6 is 24.0 Å². The number of rotatable bonds is 3. The smallest absolute Gasteiger partial charge is 0.251 e. The quantitative estimate of drug-likeness (QED) is 0.741. The second-order valence-electron chi connectivity index (χ2n) is 7.65. The van der Waals surface area contributed by atoms with E-state index in [1.165, 1.54) is 12.1 Å². The summed E-state index contributed by atoms with van der Waals surface area (Å²) in [5, 5.41) is 9.95. The first kappa shape index (κ1) is 21.6. The fourth-order valence-corrected chi connectivity index (χ4v) is 4.57. The molecule has 29 heavy (non-hydrogen) atoms. The van der Waals surface area contributed by atoms with Crippen LogP contribution in [0, 0.1) is 5.82 Å². The van der Waals surface area contributed by atoms with Crippen LogP contribution in [0.1, 0.15) is 25.3 Å². The zero-order valence-electron chi connectivity index (χ0n) is 16.0. The lowest BCUT2D eigenvalue weighted by molar-refractivity contribution is -0.114. The number of phenols is 1. The summed E-state index contributed by atoms with van der Waals surface area (Å²) in [5.41, 5.74) is 1.21. The highest BCUT2D eigenvalue weighted by Crippen LogP contribution is 2.41. The van der Waals surface area contributed by atoms with Gasteiger partial charge in [0.05, 0.1) is 10.6 Å². The van der Waals surface area contributed by atoms with Crippen molar-refractivity contribution in [2.45, 2.75) is 37.9 Å². The molecule has 0 bridgehead atoms. The van der Waals surface area contributed by atoms with E-state index in [-0.39, 0.29) is 35.9 Å². The summed E-state index contributed by atoms with van der Waals surface area (Å²) in [7, 11) is 0. The first-order valence-corrected chi connectivity index (χ1v) is 9.76. The number of amides is 1. The number of hydrogen-bond donors (Lipinski definition) is 1. The molecule has 0 aliphatic carbocycles. The van der Waals surface area contributed by atoms with Crippen LogP contribution < -0.4 is 4.90 Å². The van der Waals surface area contributed by atoms with Crippen LogP contribution in [0.2, 0.25) is 5.02 Å². The highest BCUT2D eigenvalue weighted by atomic mass is 35.5. The maximum Gasteiger partial charge on any atom is 0.251 e. The van der Waals surface area contributed by atoms with E-state index < -0.39 is 5.54 Å². The van der Waals surface area contributed by atoms with Crippen molar-refractivity contribution in [1.82, 2.24) is 4.90 Å². The van der Waals surface area contributed by atoms with E-state index in [0.717, 1.165) is 31.5 Å². The summed E-state index contributed by atoms with van der Waals surface area (Å²) < 4.78 is 13.8. The molecule has 0 unspecified atom stereocenters. The second kappa shape index (κ2) is 8.34. The maximum atomic E-state index is 13.8. The fourth-order valence-electron chi connectivity index (χ4n) is 4.37. The lowest BCUT2D eigenvalue weighted by Crippen LogP contribution is -2.56. The van der Waals surface area contributed by atoms with E-state index in [4.69, 9.17) is 11.6 Å². The molecule has 1 saturated heterocycles. The van der Waals surface area contributed by atoms with Crippen molar-refractivity contribution < 1.29 is 14.3 Å².